The predicted molar refractivity (Wildman–Crippen MR) is 74.7 cm³/mol. The molecule has 0 saturated carbocycles. The van der Waals surface area contributed by atoms with Crippen LogP contribution < -0.4 is 5.32 Å². The number of aliphatic carboxylic acids is 1. The normalized spacial score (nSPS) is 10.1. The van der Waals surface area contributed by atoms with Gasteiger partial charge in [-0.15, -0.1) is 0 Å². The Morgan fingerprint density at radius 1 is 1.25 bits per heavy atom. The van der Waals surface area contributed by atoms with E-state index in [1.165, 1.54) is 0 Å². The molecule has 1 aromatic heterocycles. The van der Waals surface area contributed by atoms with Crippen LogP contribution in [0, 0.1) is 6.92 Å². The van der Waals surface area contributed by atoms with Crippen LogP contribution in [-0.2, 0) is 11.2 Å². The topological polar surface area (TPSA) is 79.3 Å². The van der Waals surface area contributed by atoms with Gasteiger partial charge in [0.05, 0.1) is 6.42 Å². The Hall–Kier alpha value is -2.69. The summed E-state index contributed by atoms with van der Waals surface area (Å²) < 4.78 is 0. The van der Waals surface area contributed by atoms with E-state index in [1.807, 2.05) is 13.0 Å². The molecule has 5 nitrogen and oxygen atoms in total. The van der Waals surface area contributed by atoms with Crippen molar-refractivity contribution in [2.24, 2.45) is 0 Å². The molecule has 20 heavy (non-hydrogen) atoms. The van der Waals surface area contributed by atoms with E-state index in [0.29, 0.717) is 16.9 Å². The number of nitrogens with zero attached hydrogens (tertiary/aromatic N) is 1. The number of benzene rings is 1. The molecule has 0 aliphatic heterocycles. The van der Waals surface area contributed by atoms with Crippen molar-refractivity contribution < 1.29 is 14.7 Å². The summed E-state index contributed by atoms with van der Waals surface area (Å²) in [6, 6.07) is 10.3. The second-order valence-corrected chi connectivity index (χ2v) is 4.39. The Bertz CT molecular complexity index is 653. The number of hydrogen-bond donors (Lipinski definition) is 2. The lowest BCUT2D eigenvalue weighted by atomic mass is 10.1. The number of anilines is 1. The second-order valence-electron chi connectivity index (χ2n) is 4.39. The highest BCUT2D eigenvalue weighted by molar-refractivity contribution is 6.03. The minimum atomic E-state index is -0.908. The number of aryl methyl sites for hydroxylation is 1. The lowest BCUT2D eigenvalue weighted by molar-refractivity contribution is -0.136. The summed E-state index contributed by atoms with van der Waals surface area (Å²) >= 11 is 0. The Labute approximate surface area is 116 Å². The summed E-state index contributed by atoms with van der Waals surface area (Å²) in [6.45, 7) is 1.81. The van der Waals surface area contributed by atoms with Gasteiger partial charge in [0.2, 0.25) is 0 Å². The first-order valence-corrected chi connectivity index (χ1v) is 6.10. The molecule has 0 saturated heterocycles. The van der Waals surface area contributed by atoms with Gasteiger partial charge in [0.25, 0.3) is 5.91 Å². The molecular weight excluding hydrogens is 256 g/mol. The number of carboxylic acid groups (broad SMARTS) is 1. The molecule has 1 aromatic carbocycles. The lowest BCUT2D eigenvalue weighted by Crippen LogP contribution is -2.15. The fourth-order valence-electron chi connectivity index (χ4n) is 1.85. The average molecular weight is 270 g/mol. The standard InChI is InChI=1S/C15H14N2O3/c1-10-4-3-7-16-14(10)15(20)17-12-6-2-5-11(8-12)9-13(18)19/h2-8H,9H2,1H3,(H,17,20)(H,18,19). The molecule has 1 amide bonds. The SMILES string of the molecule is Cc1cccnc1C(=O)Nc1cccc(CC(=O)O)c1. The first kappa shape index (κ1) is 13.7. The van der Waals surface area contributed by atoms with Crippen molar-refractivity contribution in [3.05, 3.63) is 59.4 Å². The Morgan fingerprint density at radius 3 is 2.75 bits per heavy atom. The largest absolute Gasteiger partial charge is 0.481 e. The number of carboxylic acids is 1. The number of aromatic nitrogens is 1. The van der Waals surface area contributed by atoms with Crippen molar-refractivity contribution in [2.45, 2.75) is 13.3 Å². The average Bonchev–Trinajstić information content (AvgIpc) is 2.38. The molecular formula is C15H14N2O3. The van der Waals surface area contributed by atoms with E-state index in [9.17, 15) is 9.59 Å². The van der Waals surface area contributed by atoms with Crippen molar-refractivity contribution >= 4 is 17.6 Å². The van der Waals surface area contributed by atoms with E-state index in [4.69, 9.17) is 5.11 Å². The summed E-state index contributed by atoms with van der Waals surface area (Å²) in [5, 5.41) is 11.5. The maximum atomic E-state index is 12.1. The summed E-state index contributed by atoms with van der Waals surface area (Å²) in [5.74, 6) is -1.22. The van der Waals surface area contributed by atoms with Crippen LogP contribution in [-0.4, -0.2) is 22.0 Å². The summed E-state index contributed by atoms with van der Waals surface area (Å²) in [6.07, 6.45) is 1.48. The highest BCUT2D eigenvalue weighted by atomic mass is 16.4. The Morgan fingerprint density at radius 2 is 2.05 bits per heavy atom. The third-order valence-corrected chi connectivity index (χ3v) is 2.76. The number of hydrogen-bond acceptors (Lipinski definition) is 3. The third-order valence-electron chi connectivity index (χ3n) is 2.76. The number of nitrogens with one attached hydrogen (secondary N) is 1. The summed E-state index contributed by atoms with van der Waals surface area (Å²) in [7, 11) is 0. The van der Waals surface area contributed by atoms with Gasteiger partial charge in [0.15, 0.2) is 0 Å². The van der Waals surface area contributed by atoms with E-state index in [-0.39, 0.29) is 12.3 Å². The van der Waals surface area contributed by atoms with E-state index < -0.39 is 5.97 Å². The highest BCUT2D eigenvalue weighted by Gasteiger charge is 2.10. The molecule has 0 spiro atoms. The van der Waals surface area contributed by atoms with Crippen molar-refractivity contribution in [3.8, 4) is 0 Å². The van der Waals surface area contributed by atoms with Crippen LogP contribution in [0.5, 0.6) is 0 Å². The maximum absolute atomic E-state index is 12.1. The number of amides is 1. The van der Waals surface area contributed by atoms with Crippen LogP contribution in [0.15, 0.2) is 42.6 Å². The zero-order valence-corrected chi connectivity index (χ0v) is 11.0. The molecule has 5 heteroatoms. The molecule has 102 valence electrons. The van der Waals surface area contributed by atoms with E-state index in [0.717, 1.165) is 5.56 Å². The zero-order valence-electron chi connectivity index (χ0n) is 11.0. The van der Waals surface area contributed by atoms with Crippen LogP contribution >= 0.6 is 0 Å². The van der Waals surface area contributed by atoms with Crippen molar-refractivity contribution in [1.29, 1.82) is 0 Å². The van der Waals surface area contributed by atoms with Gasteiger partial charge in [-0.1, -0.05) is 18.2 Å². The van der Waals surface area contributed by atoms with E-state index >= 15 is 0 Å². The Kier molecular flexibility index (Phi) is 4.10. The van der Waals surface area contributed by atoms with E-state index in [1.54, 1.807) is 36.5 Å². The molecule has 2 N–H and O–H groups in total. The minimum Gasteiger partial charge on any atom is -0.481 e. The predicted octanol–water partition coefficient (Wildman–Crippen LogP) is 2.27. The highest BCUT2D eigenvalue weighted by Crippen LogP contribution is 2.13. The fourth-order valence-corrected chi connectivity index (χ4v) is 1.85. The smallest absolute Gasteiger partial charge is 0.307 e. The fraction of sp³-hybridized carbons (Fsp3) is 0.133. The maximum Gasteiger partial charge on any atom is 0.307 e. The number of pyridine rings is 1. The van der Waals surface area contributed by atoms with Gasteiger partial charge in [-0.05, 0) is 36.2 Å². The summed E-state index contributed by atoms with van der Waals surface area (Å²) in [4.78, 5) is 26.8. The van der Waals surface area contributed by atoms with Gasteiger partial charge in [-0.2, -0.15) is 0 Å². The molecule has 0 aliphatic rings. The van der Waals surface area contributed by atoms with Gasteiger partial charge in [0, 0.05) is 11.9 Å². The van der Waals surface area contributed by atoms with Crippen LogP contribution in [0.1, 0.15) is 21.6 Å². The molecule has 0 bridgehead atoms. The quantitative estimate of drug-likeness (QED) is 0.893. The first-order chi connectivity index (χ1) is 9.56. The zero-order chi connectivity index (χ0) is 14.5. The summed E-state index contributed by atoms with van der Waals surface area (Å²) in [5.41, 5.74) is 2.33. The molecule has 0 atom stereocenters. The van der Waals surface area contributed by atoms with Crippen LogP contribution in [0.2, 0.25) is 0 Å². The second kappa shape index (κ2) is 5.97. The third kappa shape index (κ3) is 3.41. The van der Waals surface area contributed by atoms with Crippen molar-refractivity contribution in [2.75, 3.05) is 5.32 Å². The number of rotatable bonds is 4. The number of carbonyl (C=O) groups excluding carboxylic acids is 1. The van der Waals surface area contributed by atoms with Crippen LogP contribution in [0.25, 0.3) is 0 Å². The molecule has 0 aliphatic carbocycles. The van der Waals surface area contributed by atoms with Gasteiger partial charge in [-0.3, -0.25) is 14.6 Å². The first-order valence-electron chi connectivity index (χ1n) is 6.10. The molecule has 0 unspecified atom stereocenters. The van der Waals surface area contributed by atoms with Gasteiger partial charge in [-0.25, -0.2) is 0 Å². The van der Waals surface area contributed by atoms with Gasteiger partial charge >= 0.3 is 5.97 Å². The number of carbonyl (C=O) groups is 2. The van der Waals surface area contributed by atoms with Gasteiger partial charge < -0.3 is 10.4 Å². The van der Waals surface area contributed by atoms with Crippen LogP contribution in [0.4, 0.5) is 5.69 Å². The van der Waals surface area contributed by atoms with Crippen molar-refractivity contribution in [3.63, 3.8) is 0 Å². The van der Waals surface area contributed by atoms with Gasteiger partial charge in [0.1, 0.15) is 5.69 Å². The Balaban J connectivity index is 2.16. The monoisotopic (exact) mass is 270 g/mol. The molecule has 2 rings (SSSR count). The molecule has 0 radical (unpaired) electrons. The van der Waals surface area contributed by atoms with Crippen molar-refractivity contribution in [1.82, 2.24) is 4.98 Å². The molecule has 0 fully saturated rings. The lowest BCUT2D eigenvalue weighted by Gasteiger charge is -2.07. The minimum absolute atomic E-state index is 0.0771. The molecule has 2 aromatic rings. The molecule has 1 heterocycles. The van der Waals surface area contributed by atoms with E-state index in [2.05, 4.69) is 10.3 Å². The van der Waals surface area contributed by atoms with Crippen LogP contribution in [0.3, 0.4) is 0 Å².